The summed E-state index contributed by atoms with van der Waals surface area (Å²) in [5.41, 5.74) is 1.93. The maximum absolute atomic E-state index is 13.8. The van der Waals surface area contributed by atoms with Crippen LogP contribution >= 0.6 is 0 Å². The van der Waals surface area contributed by atoms with Crippen LogP contribution in [-0.2, 0) is 16.0 Å². The molecular weight excluding hydrogens is 534 g/mol. The quantitative estimate of drug-likeness (QED) is 0.290. The number of hydrogen-bond donors (Lipinski definition) is 1. The zero-order valence-electron chi connectivity index (χ0n) is 25.6. The molecule has 3 atom stereocenters. The lowest BCUT2D eigenvalue weighted by Gasteiger charge is -2.30. The summed E-state index contributed by atoms with van der Waals surface area (Å²) in [5.74, 6) is 0.383. The molecule has 230 valence electrons. The van der Waals surface area contributed by atoms with Crippen molar-refractivity contribution in [2.24, 2.45) is 5.92 Å². The lowest BCUT2D eigenvalue weighted by Crippen LogP contribution is -2.45. The number of aryl methyl sites for hydroxylation is 1. The molecule has 0 radical (unpaired) electrons. The standard InChI is InChI=1S/C33H47N3O6/c1-5-6-18-35(19-10-9-17-34(2)3)31(37)22-36-21-26(25-14-16-29-30(20-25)42-23-41-29)32(33(38)39)27(36)15-13-24-11-7-8-12-28(24)40-4/h7-8,11-12,14,16,20,26-27,32H,5-6,9-10,13,15,17-19,21-23H2,1-4H3,(H,38,39)/t26-,27+,32?/m1/s1. The van der Waals surface area contributed by atoms with E-state index in [0.29, 0.717) is 30.9 Å². The Morgan fingerprint density at radius 2 is 1.76 bits per heavy atom. The van der Waals surface area contributed by atoms with Crippen molar-refractivity contribution in [1.82, 2.24) is 14.7 Å². The van der Waals surface area contributed by atoms with E-state index in [9.17, 15) is 14.7 Å². The Morgan fingerprint density at radius 1 is 1.02 bits per heavy atom. The van der Waals surface area contributed by atoms with Crippen molar-refractivity contribution in [3.05, 3.63) is 53.6 Å². The number of aliphatic carboxylic acids is 1. The summed E-state index contributed by atoms with van der Waals surface area (Å²) >= 11 is 0. The van der Waals surface area contributed by atoms with Crippen LogP contribution in [0.4, 0.5) is 0 Å². The molecule has 9 nitrogen and oxygen atoms in total. The van der Waals surface area contributed by atoms with Crippen molar-refractivity contribution in [1.29, 1.82) is 0 Å². The van der Waals surface area contributed by atoms with Gasteiger partial charge in [-0.3, -0.25) is 14.5 Å². The van der Waals surface area contributed by atoms with Gasteiger partial charge < -0.3 is 29.1 Å². The second-order valence-corrected chi connectivity index (χ2v) is 11.7. The van der Waals surface area contributed by atoms with Crippen LogP contribution in [0.5, 0.6) is 17.2 Å². The first kappa shape index (κ1) is 31.6. The molecule has 0 aliphatic carbocycles. The maximum Gasteiger partial charge on any atom is 0.308 e. The van der Waals surface area contributed by atoms with Crippen LogP contribution in [0.2, 0.25) is 0 Å². The molecule has 9 heteroatoms. The molecule has 0 bridgehead atoms. The van der Waals surface area contributed by atoms with Gasteiger partial charge in [-0.05, 0) is 82.1 Å². The Hall–Kier alpha value is -3.30. The van der Waals surface area contributed by atoms with Crippen LogP contribution in [0.3, 0.4) is 0 Å². The summed E-state index contributed by atoms with van der Waals surface area (Å²) in [7, 11) is 5.78. The van der Waals surface area contributed by atoms with Crippen LogP contribution < -0.4 is 14.2 Å². The lowest BCUT2D eigenvalue weighted by atomic mass is 9.83. The number of methoxy groups -OCH3 is 1. The normalized spacial score (nSPS) is 19.8. The summed E-state index contributed by atoms with van der Waals surface area (Å²) in [6, 6.07) is 13.2. The number of rotatable bonds is 16. The minimum atomic E-state index is -0.843. The van der Waals surface area contributed by atoms with E-state index in [1.807, 2.05) is 47.4 Å². The predicted octanol–water partition coefficient (Wildman–Crippen LogP) is 4.50. The van der Waals surface area contributed by atoms with Gasteiger partial charge in [0.05, 0.1) is 19.6 Å². The third kappa shape index (κ3) is 7.95. The number of ether oxygens (including phenoxy) is 3. The molecule has 2 aliphatic heterocycles. The molecule has 0 saturated carbocycles. The Balaban J connectivity index is 1.57. The number of nitrogens with zero attached hydrogens (tertiary/aromatic N) is 3. The topological polar surface area (TPSA) is 91.8 Å². The van der Waals surface area contributed by atoms with Gasteiger partial charge in [0.1, 0.15) is 5.75 Å². The van der Waals surface area contributed by atoms with Crippen LogP contribution in [0.25, 0.3) is 0 Å². The number of unbranched alkanes of at least 4 members (excludes halogenated alkanes) is 2. The maximum atomic E-state index is 13.8. The van der Waals surface area contributed by atoms with Gasteiger partial charge in [0.15, 0.2) is 11.5 Å². The number of para-hydroxylation sites is 1. The zero-order chi connectivity index (χ0) is 30.1. The number of carboxylic acid groups (broad SMARTS) is 1. The largest absolute Gasteiger partial charge is 0.496 e. The Bertz CT molecular complexity index is 1190. The van der Waals surface area contributed by atoms with Gasteiger partial charge in [0.2, 0.25) is 12.7 Å². The molecule has 1 fully saturated rings. The van der Waals surface area contributed by atoms with Crippen molar-refractivity contribution < 1.29 is 28.9 Å². The van der Waals surface area contributed by atoms with E-state index in [1.54, 1.807) is 7.11 Å². The molecule has 0 aromatic heterocycles. The third-order valence-electron chi connectivity index (χ3n) is 8.52. The van der Waals surface area contributed by atoms with Crippen LogP contribution in [-0.4, -0.2) is 98.4 Å². The highest BCUT2D eigenvalue weighted by Crippen LogP contribution is 2.43. The van der Waals surface area contributed by atoms with Crippen molar-refractivity contribution in [3.8, 4) is 17.2 Å². The monoisotopic (exact) mass is 581 g/mol. The fourth-order valence-corrected chi connectivity index (χ4v) is 6.26. The van der Waals surface area contributed by atoms with E-state index in [1.165, 1.54) is 0 Å². The minimum absolute atomic E-state index is 0.0751. The third-order valence-corrected chi connectivity index (χ3v) is 8.52. The van der Waals surface area contributed by atoms with Gasteiger partial charge in [-0.25, -0.2) is 0 Å². The van der Waals surface area contributed by atoms with Gasteiger partial charge in [-0.1, -0.05) is 37.6 Å². The highest BCUT2D eigenvalue weighted by molar-refractivity contribution is 5.79. The van der Waals surface area contributed by atoms with E-state index in [2.05, 4.69) is 30.8 Å². The number of amides is 1. The summed E-state index contributed by atoms with van der Waals surface area (Å²) in [6.07, 6.45) is 5.20. The number of fused-ring (bicyclic) bond motifs is 1. The smallest absolute Gasteiger partial charge is 0.308 e. The number of carbonyl (C=O) groups excluding carboxylic acids is 1. The van der Waals surface area contributed by atoms with E-state index < -0.39 is 11.9 Å². The molecule has 2 aromatic carbocycles. The number of benzene rings is 2. The second kappa shape index (κ2) is 15.3. The molecule has 2 aromatic rings. The van der Waals surface area contributed by atoms with E-state index >= 15 is 0 Å². The molecule has 2 heterocycles. The molecule has 1 N–H and O–H groups in total. The van der Waals surface area contributed by atoms with E-state index in [-0.39, 0.29) is 31.2 Å². The van der Waals surface area contributed by atoms with E-state index in [0.717, 1.165) is 62.2 Å². The lowest BCUT2D eigenvalue weighted by molar-refractivity contribution is -0.143. The summed E-state index contributed by atoms with van der Waals surface area (Å²) in [6.45, 7) is 5.43. The average Bonchev–Trinajstić information content (AvgIpc) is 3.59. The van der Waals surface area contributed by atoms with Gasteiger partial charge in [-0.2, -0.15) is 0 Å². The van der Waals surface area contributed by atoms with Crippen LogP contribution in [0, 0.1) is 5.92 Å². The van der Waals surface area contributed by atoms with Crippen molar-refractivity contribution in [2.45, 2.75) is 57.4 Å². The summed E-state index contributed by atoms with van der Waals surface area (Å²) in [4.78, 5) is 33.0. The Kier molecular flexibility index (Phi) is 11.5. The first-order valence-electron chi connectivity index (χ1n) is 15.2. The molecule has 0 spiro atoms. The Morgan fingerprint density at radius 3 is 2.50 bits per heavy atom. The predicted molar refractivity (Wildman–Crippen MR) is 162 cm³/mol. The van der Waals surface area contributed by atoms with Gasteiger partial charge in [0, 0.05) is 31.6 Å². The number of likely N-dealkylation sites (tertiary alicyclic amines) is 1. The number of hydrogen-bond acceptors (Lipinski definition) is 7. The van der Waals surface area contributed by atoms with Crippen LogP contribution in [0.1, 0.15) is 56.1 Å². The molecule has 42 heavy (non-hydrogen) atoms. The van der Waals surface area contributed by atoms with Crippen molar-refractivity contribution in [3.63, 3.8) is 0 Å². The molecule has 1 saturated heterocycles. The molecule has 2 aliphatic rings. The second-order valence-electron chi connectivity index (χ2n) is 11.7. The number of carbonyl (C=O) groups is 2. The minimum Gasteiger partial charge on any atom is -0.496 e. The number of carboxylic acids is 1. The molecule has 1 unspecified atom stereocenters. The molecule has 1 amide bonds. The molecule has 4 rings (SSSR count). The highest BCUT2D eigenvalue weighted by atomic mass is 16.7. The zero-order valence-corrected chi connectivity index (χ0v) is 25.6. The van der Waals surface area contributed by atoms with Crippen LogP contribution in [0.15, 0.2) is 42.5 Å². The first-order chi connectivity index (χ1) is 20.3. The summed E-state index contributed by atoms with van der Waals surface area (Å²) in [5, 5.41) is 10.6. The van der Waals surface area contributed by atoms with Gasteiger partial charge >= 0.3 is 5.97 Å². The fraction of sp³-hybridized carbons (Fsp3) is 0.576. The fourth-order valence-electron chi connectivity index (χ4n) is 6.26. The average molecular weight is 582 g/mol. The SMILES string of the molecule is CCCCN(CCCCN(C)C)C(=O)CN1C[C@H](c2ccc3c(c2)OCO3)C(C(=O)O)[C@@H]1CCc1ccccc1OC. The van der Waals surface area contributed by atoms with Gasteiger partial charge in [-0.15, -0.1) is 0 Å². The van der Waals surface area contributed by atoms with Crippen molar-refractivity contribution >= 4 is 11.9 Å². The summed E-state index contributed by atoms with van der Waals surface area (Å²) < 4.78 is 16.7. The molecular formula is C33H47N3O6. The highest BCUT2D eigenvalue weighted by Gasteiger charge is 2.47. The van der Waals surface area contributed by atoms with Gasteiger partial charge in [0.25, 0.3) is 0 Å². The van der Waals surface area contributed by atoms with E-state index in [4.69, 9.17) is 14.2 Å². The van der Waals surface area contributed by atoms with Crippen molar-refractivity contribution in [2.75, 3.05) is 60.7 Å². The first-order valence-corrected chi connectivity index (χ1v) is 15.2. The Labute approximate surface area is 250 Å².